The van der Waals surface area contributed by atoms with Gasteiger partial charge >= 0.3 is 0 Å². The van der Waals surface area contributed by atoms with E-state index in [9.17, 15) is 4.39 Å². The monoisotopic (exact) mass is 227 g/mol. The number of hydrazine groups is 1. The van der Waals surface area contributed by atoms with Crippen LogP contribution in [0, 0.1) is 5.82 Å². The highest BCUT2D eigenvalue weighted by atomic mass is 19.1. The molecule has 0 radical (unpaired) electrons. The van der Waals surface area contributed by atoms with Crippen molar-refractivity contribution in [3.8, 4) is 0 Å². The minimum absolute atomic E-state index is 0.220. The van der Waals surface area contributed by atoms with Gasteiger partial charge in [0.15, 0.2) is 0 Å². The van der Waals surface area contributed by atoms with Crippen molar-refractivity contribution in [2.24, 2.45) is 5.84 Å². The van der Waals surface area contributed by atoms with E-state index in [1.54, 1.807) is 6.20 Å². The average molecular weight is 227 g/mol. The van der Waals surface area contributed by atoms with E-state index in [4.69, 9.17) is 15.3 Å². The molecule has 0 aromatic carbocycles. The molecule has 16 heavy (non-hydrogen) atoms. The molecule has 2 rings (SSSR count). The third-order valence-corrected chi connectivity index (χ3v) is 2.48. The van der Waals surface area contributed by atoms with Crippen molar-refractivity contribution in [3.63, 3.8) is 0 Å². The fourth-order valence-electron chi connectivity index (χ4n) is 1.72. The van der Waals surface area contributed by atoms with E-state index in [0.717, 1.165) is 6.20 Å². The molecular formula is C10H14FN3O2. The molecule has 0 saturated carbocycles. The first-order valence-electron chi connectivity index (χ1n) is 5.07. The predicted molar refractivity (Wildman–Crippen MR) is 54.8 cm³/mol. The summed E-state index contributed by atoms with van der Waals surface area (Å²) < 4.78 is 23.8. The lowest BCUT2D eigenvalue weighted by molar-refractivity contribution is -0.102. The SMILES string of the molecule is NNC(c1cncc(F)c1)C1COCCO1. The standard InChI is InChI=1S/C10H14FN3O2/c11-8-3-7(4-13-5-8)10(14-12)9-6-15-1-2-16-9/h3-5,9-10,14H,1-2,6,12H2. The number of halogens is 1. The van der Waals surface area contributed by atoms with Crippen molar-refractivity contribution in [2.75, 3.05) is 19.8 Å². The number of rotatable bonds is 3. The summed E-state index contributed by atoms with van der Waals surface area (Å²) in [5.41, 5.74) is 3.25. The number of pyridine rings is 1. The molecule has 0 aliphatic carbocycles. The zero-order valence-corrected chi connectivity index (χ0v) is 8.73. The summed E-state index contributed by atoms with van der Waals surface area (Å²) in [6.07, 6.45) is 2.49. The molecule has 1 fully saturated rings. The first-order chi connectivity index (χ1) is 7.81. The number of nitrogens with one attached hydrogen (secondary N) is 1. The largest absolute Gasteiger partial charge is 0.376 e. The number of hydrogen-bond acceptors (Lipinski definition) is 5. The molecular weight excluding hydrogens is 213 g/mol. The third-order valence-electron chi connectivity index (χ3n) is 2.48. The molecule has 1 aliphatic rings. The molecule has 1 aliphatic heterocycles. The van der Waals surface area contributed by atoms with Gasteiger partial charge in [-0.2, -0.15) is 0 Å². The Hall–Kier alpha value is -1.08. The Morgan fingerprint density at radius 1 is 1.50 bits per heavy atom. The normalized spacial score (nSPS) is 23.0. The highest BCUT2D eigenvalue weighted by Crippen LogP contribution is 2.20. The van der Waals surface area contributed by atoms with E-state index in [1.165, 1.54) is 6.07 Å². The van der Waals surface area contributed by atoms with Crippen LogP contribution in [-0.2, 0) is 9.47 Å². The second kappa shape index (κ2) is 5.31. The Labute approximate surface area is 92.7 Å². The Morgan fingerprint density at radius 3 is 3.00 bits per heavy atom. The molecule has 6 heteroatoms. The lowest BCUT2D eigenvalue weighted by Crippen LogP contribution is -2.43. The van der Waals surface area contributed by atoms with Crippen molar-refractivity contribution < 1.29 is 13.9 Å². The van der Waals surface area contributed by atoms with Crippen LogP contribution in [0.2, 0.25) is 0 Å². The minimum Gasteiger partial charge on any atom is -0.376 e. The van der Waals surface area contributed by atoms with Crippen LogP contribution in [0.15, 0.2) is 18.5 Å². The molecule has 0 bridgehead atoms. The average Bonchev–Trinajstić information content (AvgIpc) is 2.31. The van der Waals surface area contributed by atoms with E-state index in [0.29, 0.717) is 25.4 Å². The summed E-state index contributed by atoms with van der Waals surface area (Å²) in [6, 6.07) is 1.07. The predicted octanol–water partition coefficient (Wildman–Crippen LogP) is 0.140. The summed E-state index contributed by atoms with van der Waals surface area (Å²) in [7, 11) is 0. The Morgan fingerprint density at radius 2 is 2.38 bits per heavy atom. The number of nitrogens with zero attached hydrogens (tertiary/aromatic N) is 1. The number of aromatic nitrogens is 1. The Balaban J connectivity index is 2.14. The maximum absolute atomic E-state index is 13.0. The van der Waals surface area contributed by atoms with Crippen molar-refractivity contribution in [1.29, 1.82) is 0 Å². The lowest BCUT2D eigenvalue weighted by Gasteiger charge is -2.29. The summed E-state index contributed by atoms with van der Waals surface area (Å²) in [5.74, 6) is 5.06. The van der Waals surface area contributed by atoms with Gasteiger partial charge in [0.25, 0.3) is 0 Å². The quantitative estimate of drug-likeness (QED) is 0.568. The maximum atomic E-state index is 13.0. The third kappa shape index (κ3) is 2.53. The molecule has 1 aromatic rings. The van der Waals surface area contributed by atoms with Crippen molar-refractivity contribution in [1.82, 2.24) is 10.4 Å². The topological polar surface area (TPSA) is 69.4 Å². The molecule has 2 heterocycles. The molecule has 0 spiro atoms. The Kier molecular flexibility index (Phi) is 3.79. The molecule has 1 saturated heterocycles. The van der Waals surface area contributed by atoms with Gasteiger partial charge in [0.05, 0.1) is 32.1 Å². The van der Waals surface area contributed by atoms with Crippen molar-refractivity contribution in [3.05, 3.63) is 29.8 Å². The van der Waals surface area contributed by atoms with Gasteiger partial charge in [-0.05, 0) is 11.6 Å². The molecule has 5 nitrogen and oxygen atoms in total. The van der Waals surface area contributed by atoms with Gasteiger partial charge in [0.1, 0.15) is 11.9 Å². The molecule has 1 aromatic heterocycles. The van der Waals surface area contributed by atoms with Crippen LogP contribution in [0.1, 0.15) is 11.6 Å². The van der Waals surface area contributed by atoms with Gasteiger partial charge < -0.3 is 9.47 Å². The van der Waals surface area contributed by atoms with E-state index >= 15 is 0 Å². The van der Waals surface area contributed by atoms with Crippen LogP contribution in [-0.4, -0.2) is 30.9 Å². The van der Waals surface area contributed by atoms with Crippen molar-refractivity contribution >= 4 is 0 Å². The molecule has 0 amide bonds. The Bertz CT molecular complexity index is 345. The van der Waals surface area contributed by atoms with Gasteiger partial charge in [-0.3, -0.25) is 16.3 Å². The summed E-state index contributed by atoms with van der Waals surface area (Å²) in [4.78, 5) is 3.78. The first-order valence-corrected chi connectivity index (χ1v) is 5.07. The lowest BCUT2D eigenvalue weighted by atomic mass is 10.0. The van der Waals surface area contributed by atoms with E-state index < -0.39 is 5.82 Å². The van der Waals surface area contributed by atoms with Gasteiger partial charge in [0, 0.05) is 6.20 Å². The van der Waals surface area contributed by atoms with E-state index in [2.05, 4.69) is 10.4 Å². The molecule has 2 atom stereocenters. The number of nitrogens with two attached hydrogens (primary N) is 1. The van der Waals surface area contributed by atoms with Crippen molar-refractivity contribution in [2.45, 2.75) is 12.1 Å². The van der Waals surface area contributed by atoms with Crippen LogP contribution < -0.4 is 11.3 Å². The highest BCUT2D eigenvalue weighted by molar-refractivity contribution is 5.16. The summed E-state index contributed by atoms with van der Waals surface area (Å²) in [6.45, 7) is 1.53. The van der Waals surface area contributed by atoms with Gasteiger partial charge in [-0.15, -0.1) is 0 Å². The highest BCUT2D eigenvalue weighted by Gasteiger charge is 2.26. The summed E-state index contributed by atoms with van der Waals surface area (Å²) >= 11 is 0. The van der Waals surface area contributed by atoms with Crippen LogP contribution in [0.3, 0.4) is 0 Å². The van der Waals surface area contributed by atoms with Gasteiger partial charge in [-0.25, -0.2) is 4.39 Å². The van der Waals surface area contributed by atoms with Crippen LogP contribution in [0.5, 0.6) is 0 Å². The van der Waals surface area contributed by atoms with Crippen LogP contribution >= 0.6 is 0 Å². The molecule has 2 unspecified atom stereocenters. The number of hydrogen-bond donors (Lipinski definition) is 2. The minimum atomic E-state index is -0.394. The van der Waals surface area contributed by atoms with Crippen LogP contribution in [0.25, 0.3) is 0 Å². The fraction of sp³-hybridized carbons (Fsp3) is 0.500. The van der Waals surface area contributed by atoms with E-state index in [-0.39, 0.29) is 12.1 Å². The van der Waals surface area contributed by atoms with Gasteiger partial charge in [-0.1, -0.05) is 0 Å². The summed E-state index contributed by atoms with van der Waals surface area (Å²) in [5, 5.41) is 0. The smallest absolute Gasteiger partial charge is 0.141 e. The van der Waals surface area contributed by atoms with Gasteiger partial charge in [0.2, 0.25) is 0 Å². The second-order valence-electron chi connectivity index (χ2n) is 3.56. The number of ether oxygens (including phenoxy) is 2. The zero-order valence-electron chi connectivity index (χ0n) is 8.73. The second-order valence-corrected chi connectivity index (χ2v) is 3.56. The van der Waals surface area contributed by atoms with Crippen LogP contribution in [0.4, 0.5) is 4.39 Å². The maximum Gasteiger partial charge on any atom is 0.141 e. The zero-order chi connectivity index (χ0) is 11.4. The fourth-order valence-corrected chi connectivity index (χ4v) is 1.72. The first kappa shape index (κ1) is 11.4. The molecule has 88 valence electrons. The van der Waals surface area contributed by atoms with E-state index in [1.807, 2.05) is 0 Å². The molecule has 3 N–H and O–H groups in total.